The van der Waals surface area contributed by atoms with Gasteiger partial charge in [0.1, 0.15) is 0 Å². The molecule has 0 aromatic heterocycles. The summed E-state index contributed by atoms with van der Waals surface area (Å²) in [6.07, 6.45) is 5.00. The number of nitrogens with one attached hydrogen (secondary N) is 2. The van der Waals surface area contributed by atoms with Crippen LogP contribution in [0.15, 0.2) is 75.9 Å². The maximum absolute atomic E-state index is 10.1. The van der Waals surface area contributed by atoms with Gasteiger partial charge < -0.3 is 36.0 Å². The highest BCUT2D eigenvalue weighted by Gasteiger charge is 2.14. The van der Waals surface area contributed by atoms with Gasteiger partial charge >= 0.3 is 41.8 Å². The first-order valence-corrected chi connectivity index (χ1v) is 8.61. The number of carbonyl (C=O) groups excluding carboxylic acids is 2. The summed E-state index contributed by atoms with van der Waals surface area (Å²) in [5.74, 6) is -6.15. The Kier molecular flexibility index (Phi) is 42.2. The van der Waals surface area contributed by atoms with E-state index >= 15 is 0 Å². The standard InChI is InChI=1S/C3H4N2O2.6C3H4O2/c6-2-1-4-3(7)5-2;6*1-2-3(4)5/h1H2,(H2,4,5,6,7);6*2H,1H2,(H,4,5). The Morgan fingerprint density at radius 3 is 0.703 bits per heavy atom. The Morgan fingerprint density at radius 1 is 0.514 bits per heavy atom. The molecule has 1 aliphatic heterocycles. The summed E-state index contributed by atoms with van der Waals surface area (Å²) in [5, 5.41) is 49.9. The van der Waals surface area contributed by atoms with Gasteiger partial charge in [-0.1, -0.05) is 39.5 Å². The molecule has 0 aromatic carbocycles. The van der Waals surface area contributed by atoms with Gasteiger partial charge in [0.05, 0.1) is 6.54 Å². The van der Waals surface area contributed by atoms with Crippen molar-refractivity contribution in [3.05, 3.63) is 75.9 Å². The first kappa shape index (κ1) is 44.8. The fourth-order valence-electron chi connectivity index (χ4n) is 0.376. The molecule has 1 saturated heterocycles. The average molecular weight is 532 g/mol. The second-order valence-corrected chi connectivity index (χ2v) is 4.49. The van der Waals surface area contributed by atoms with Crippen LogP contribution in [-0.4, -0.2) is 84.9 Å². The number of carboxylic acid groups (broad SMARTS) is 6. The molecule has 0 radical (unpaired) electrons. The molecular weight excluding hydrogens is 504 g/mol. The summed E-state index contributed by atoms with van der Waals surface area (Å²) in [7, 11) is 0. The van der Waals surface area contributed by atoms with Gasteiger partial charge in [-0.25, -0.2) is 33.6 Å². The third-order valence-corrected chi connectivity index (χ3v) is 1.71. The molecule has 0 spiro atoms. The average Bonchev–Trinajstić information content (AvgIpc) is 3.23. The number of hydrogen-bond donors (Lipinski definition) is 8. The van der Waals surface area contributed by atoms with Crippen molar-refractivity contribution >= 4 is 47.8 Å². The van der Waals surface area contributed by atoms with Gasteiger partial charge in [-0.05, 0) is 0 Å². The molecule has 0 unspecified atom stereocenters. The van der Waals surface area contributed by atoms with Gasteiger partial charge in [-0.15, -0.1) is 0 Å². The van der Waals surface area contributed by atoms with Crippen molar-refractivity contribution in [1.29, 1.82) is 0 Å². The van der Waals surface area contributed by atoms with Crippen molar-refractivity contribution in [2.45, 2.75) is 0 Å². The van der Waals surface area contributed by atoms with Crippen LogP contribution in [0.5, 0.6) is 0 Å². The second kappa shape index (κ2) is 34.8. The SMILES string of the molecule is C=CC(=O)O.C=CC(=O)O.C=CC(=O)O.C=CC(=O)O.C=CC(=O)O.C=CC(=O)O.O=C1CNC(=O)N1. The molecule has 0 saturated carbocycles. The third kappa shape index (κ3) is 104. The number of urea groups is 1. The molecule has 1 rings (SSSR count). The molecule has 3 amide bonds. The van der Waals surface area contributed by atoms with E-state index in [2.05, 4.69) is 44.8 Å². The van der Waals surface area contributed by atoms with E-state index in [1.165, 1.54) is 0 Å². The van der Waals surface area contributed by atoms with Crippen LogP contribution in [0.4, 0.5) is 4.79 Å². The summed E-state index contributed by atoms with van der Waals surface area (Å²) in [5.41, 5.74) is 0. The van der Waals surface area contributed by atoms with Gasteiger partial charge in [0.15, 0.2) is 0 Å². The smallest absolute Gasteiger partial charge is 0.327 e. The number of aliphatic carboxylic acids is 6. The monoisotopic (exact) mass is 532 g/mol. The van der Waals surface area contributed by atoms with E-state index in [0.29, 0.717) is 0 Å². The van der Waals surface area contributed by atoms with E-state index in [4.69, 9.17) is 30.6 Å². The molecular formula is C21H28N2O14. The zero-order valence-corrected chi connectivity index (χ0v) is 19.4. The van der Waals surface area contributed by atoms with Crippen LogP contribution in [0, 0.1) is 0 Å². The second-order valence-electron chi connectivity index (χ2n) is 4.49. The maximum Gasteiger partial charge on any atom is 0.327 e. The lowest BCUT2D eigenvalue weighted by molar-refractivity contribution is -0.132. The zero-order valence-electron chi connectivity index (χ0n) is 19.4. The number of carbonyl (C=O) groups is 8. The van der Waals surface area contributed by atoms with Crippen molar-refractivity contribution in [2.24, 2.45) is 0 Å². The van der Waals surface area contributed by atoms with Crippen molar-refractivity contribution in [3.63, 3.8) is 0 Å². The Bertz CT molecular complexity index is 691. The van der Waals surface area contributed by atoms with E-state index in [1.54, 1.807) is 0 Å². The van der Waals surface area contributed by atoms with Crippen molar-refractivity contribution in [2.75, 3.05) is 6.54 Å². The highest BCUT2D eigenvalue weighted by Crippen LogP contribution is 1.74. The van der Waals surface area contributed by atoms with Crippen LogP contribution in [0.3, 0.4) is 0 Å². The van der Waals surface area contributed by atoms with Crippen molar-refractivity contribution < 1.29 is 69.0 Å². The molecule has 1 aliphatic rings. The van der Waals surface area contributed by atoms with Crippen LogP contribution >= 0.6 is 0 Å². The summed E-state index contributed by atoms with van der Waals surface area (Å²) in [6, 6.07) is -0.398. The first-order valence-electron chi connectivity index (χ1n) is 8.61. The predicted octanol–water partition coefficient (Wildman–Crippen LogP) is 0.368. The zero-order chi connectivity index (χ0) is 31.0. The van der Waals surface area contributed by atoms with Crippen LogP contribution in [0.2, 0.25) is 0 Å². The predicted molar refractivity (Wildman–Crippen MR) is 129 cm³/mol. The molecule has 0 atom stereocenters. The lowest BCUT2D eigenvalue weighted by Gasteiger charge is -1.78. The van der Waals surface area contributed by atoms with E-state index < -0.39 is 41.8 Å². The Hall–Kier alpha value is -5.80. The molecule has 16 heteroatoms. The molecule has 1 heterocycles. The van der Waals surface area contributed by atoms with E-state index in [1.807, 2.05) is 5.32 Å². The molecule has 0 bridgehead atoms. The number of imide groups is 1. The molecule has 0 aromatic rings. The van der Waals surface area contributed by atoms with E-state index in [-0.39, 0.29) is 12.5 Å². The molecule has 8 N–H and O–H groups in total. The quantitative estimate of drug-likeness (QED) is 0.169. The third-order valence-electron chi connectivity index (χ3n) is 1.71. The first-order chi connectivity index (χ1) is 16.9. The van der Waals surface area contributed by atoms with Gasteiger partial charge in [0, 0.05) is 36.5 Å². The molecule has 206 valence electrons. The molecule has 16 nitrogen and oxygen atoms in total. The number of amides is 3. The molecule has 37 heavy (non-hydrogen) atoms. The summed E-state index contributed by atoms with van der Waals surface area (Å²) < 4.78 is 0. The lowest BCUT2D eigenvalue weighted by Crippen LogP contribution is -2.22. The van der Waals surface area contributed by atoms with Crippen molar-refractivity contribution in [3.8, 4) is 0 Å². The number of hydrogen-bond acceptors (Lipinski definition) is 8. The van der Waals surface area contributed by atoms with Gasteiger partial charge in [-0.2, -0.15) is 0 Å². The van der Waals surface area contributed by atoms with Gasteiger partial charge in [0.2, 0.25) is 5.91 Å². The van der Waals surface area contributed by atoms with Gasteiger partial charge in [0.25, 0.3) is 0 Å². The summed E-state index contributed by atoms with van der Waals surface area (Å²) in [6.45, 7) is 17.9. The summed E-state index contributed by atoms with van der Waals surface area (Å²) >= 11 is 0. The minimum absolute atomic E-state index is 0.124. The lowest BCUT2D eigenvalue weighted by atomic mass is 10.7. The van der Waals surface area contributed by atoms with Crippen LogP contribution in [0.25, 0.3) is 0 Å². The fraction of sp³-hybridized carbons (Fsp3) is 0.0476. The van der Waals surface area contributed by atoms with Crippen LogP contribution in [-0.2, 0) is 33.6 Å². The molecule has 0 aliphatic carbocycles. The largest absolute Gasteiger partial charge is 0.478 e. The van der Waals surface area contributed by atoms with Gasteiger partial charge in [-0.3, -0.25) is 10.1 Å². The van der Waals surface area contributed by atoms with Crippen molar-refractivity contribution in [1.82, 2.24) is 10.6 Å². The summed E-state index contributed by atoms with van der Waals surface area (Å²) in [4.78, 5) is 75.6. The minimum Gasteiger partial charge on any atom is -0.478 e. The fourth-order valence-corrected chi connectivity index (χ4v) is 0.376. The maximum atomic E-state index is 10.1. The van der Waals surface area contributed by atoms with E-state index in [9.17, 15) is 38.4 Å². The number of rotatable bonds is 6. The van der Waals surface area contributed by atoms with E-state index in [0.717, 1.165) is 36.5 Å². The normalized spacial score (nSPS) is 8.76. The Balaban J connectivity index is -0.0000000762. The van der Waals surface area contributed by atoms with Crippen LogP contribution < -0.4 is 10.6 Å². The molecule has 1 fully saturated rings. The van der Waals surface area contributed by atoms with Crippen LogP contribution in [0.1, 0.15) is 0 Å². The Morgan fingerprint density at radius 2 is 0.676 bits per heavy atom. The Labute approximate surface area is 210 Å². The minimum atomic E-state index is -0.981. The highest BCUT2D eigenvalue weighted by atomic mass is 16.4. The number of carboxylic acids is 6. The highest BCUT2D eigenvalue weighted by molar-refractivity contribution is 6.01. The topological polar surface area (TPSA) is 282 Å².